The van der Waals surface area contributed by atoms with Crippen molar-refractivity contribution in [3.63, 3.8) is 0 Å². The quantitative estimate of drug-likeness (QED) is 0.0870. The van der Waals surface area contributed by atoms with Gasteiger partial charge in [0.2, 0.25) is 11.8 Å². The van der Waals surface area contributed by atoms with Gasteiger partial charge in [0.05, 0.1) is 5.69 Å². The molecule has 0 radical (unpaired) electrons. The maximum absolute atomic E-state index is 16.2. The van der Waals surface area contributed by atoms with Gasteiger partial charge >= 0.3 is 12.2 Å². The Kier molecular flexibility index (Phi) is 13.5. The SMILES string of the molecule is CC(C)(C)OC(=O)N[C@@H](C(=O)N1CCC[C@H]1C(=O)Nc1ccc2[nH]c(-c3ccc(NC(=O)[C@@H]4CCCN4C(=O)[C@@H](c4ccccc4)N(C(=O)O)C(C)(C)C)cc3)c(F)c2c1)c1ccccc1. The average molecular weight is 902 g/mol. The zero-order valence-corrected chi connectivity index (χ0v) is 37.9. The second kappa shape index (κ2) is 19.1. The number of anilines is 2. The minimum Gasteiger partial charge on any atom is -0.465 e. The fourth-order valence-corrected chi connectivity index (χ4v) is 8.72. The summed E-state index contributed by atoms with van der Waals surface area (Å²) in [5, 5.41) is 18.9. The van der Waals surface area contributed by atoms with Crippen LogP contribution in [0.25, 0.3) is 22.2 Å². The summed E-state index contributed by atoms with van der Waals surface area (Å²) in [6.45, 7) is 10.9. The summed E-state index contributed by atoms with van der Waals surface area (Å²) in [4.78, 5) is 88.4. The van der Waals surface area contributed by atoms with Crippen LogP contribution in [0.2, 0.25) is 0 Å². The topological polar surface area (TPSA) is 193 Å². The van der Waals surface area contributed by atoms with Crippen molar-refractivity contribution < 1.29 is 43.0 Å². The van der Waals surface area contributed by atoms with Crippen LogP contribution in [-0.2, 0) is 23.9 Å². The van der Waals surface area contributed by atoms with Crippen molar-refractivity contribution in [3.05, 3.63) is 120 Å². The van der Waals surface area contributed by atoms with E-state index < -0.39 is 76.9 Å². The lowest BCUT2D eigenvalue weighted by molar-refractivity contribution is -0.142. The number of aromatic amines is 1. The number of likely N-dealkylation sites (tertiary alicyclic amines) is 2. The number of halogens is 1. The number of amides is 6. The van der Waals surface area contributed by atoms with Crippen LogP contribution >= 0.6 is 0 Å². The number of H-pyrrole nitrogens is 1. The van der Waals surface area contributed by atoms with E-state index in [0.717, 1.165) is 4.90 Å². The largest absolute Gasteiger partial charge is 0.465 e. The number of nitrogens with one attached hydrogen (secondary N) is 4. The van der Waals surface area contributed by atoms with E-state index >= 15 is 4.39 Å². The summed E-state index contributed by atoms with van der Waals surface area (Å²) >= 11 is 0. The lowest BCUT2D eigenvalue weighted by atomic mass is 9.97. The van der Waals surface area contributed by atoms with E-state index in [1.54, 1.807) is 139 Å². The standard InChI is InChI=1S/C50H56FN7O8/c1-49(2,3)58(48(64)65)42(32-17-11-8-12-18-32)46(62)57-28-14-20-38(57)43(59)52-33-23-21-31(22-24-33)40-39(51)35-29-34(25-26-36(35)54-40)53-44(60)37-19-13-27-56(37)45(61)41(30-15-9-7-10-16-30)55-47(63)66-50(4,5)6/h7-12,15-18,21-26,29,37-38,41-42,54H,13-14,19-20,27-28H2,1-6H3,(H,52,59)(H,53,60)(H,55,63)(H,64,65)/t37-,38-,41+,42+/m0/s1. The average Bonchev–Trinajstić information content (AvgIpc) is 4.04. The Balaban J connectivity index is 1.03. The predicted molar refractivity (Wildman–Crippen MR) is 248 cm³/mol. The van der Waals surface area contributed by atoms with Gasteiger partial charge in [0.25, 0.3) is 11.8 Å². The zero-order valence-electron chi connectivity index (χ0n) is 37.9. The molecule has 2 fully saturated rings. The fraction of sp³-hybridized carbons (Fsp3) is 0.360. The highest BCUT2D eigenvalue weighted by molar-refractivity contribution is 6.01. The normalized spacial score (nSPS) is 17.2. The van der Waals surface area contributed by atoms with Crippen molar-refractivity contribution in [2.75, 3.05) is 23.7 Å². The molecule has 0 aliphatic carbocycles. The Bertz CT molecular complexity index is 2610. The molecule has 1 aromatic heterocycles. The molecule has 0 bridgehead atoms. The van der Waals surface area contributed by atoms with E-state index in [1.807, 2.05) is 0 Å². The van der Waals surface area contributed by atoms with Gasteiger partial charge in [0.15, 0.2) is 5.82 Å². The first-order chi connectivity index (χ1) is 31.3. The van der Waals surface area contributed by atoms with Gasteiger partial charge in [-0.2, -0.15) is 0 Å². The molecule has 16 heteroatoms. The van der Waals surface area contributed by atoms with Crippen LogP contribution in [0.4, 0.5) is 25.4 Å². The molecular formula is C50H56FN7O8. The number of nitrogens with zero attached hydrogens (tertiary/aromatic N) is 3. The molecule has 2 aliphatic rings. The van der Waals surface area contributed by atoms with E-state index in [4.69, 9.17) is 4.74 Å². The van der Waals surface area contributed by atoms with E-state index in [0.29, 0.717) is 65.8 Å². The van der Waals surface area contributed by atoms with Gasteiger partial charge in [-0.15, -0.1) is 0 Å². The first kappa shape index (κ1) is 46.8. The van der Waals surface area contributed by atoms with Crippen molar-refractivity contribution in [1.29, 1.82) is 0 Å². The summed E-state index contributed by atoms with van der Waals surface area (Å²) in [6, 6.07) is 24.8. The third kappa shape index (κ3) is 10.3. The fourth-order valence-electron chi connectivity index (χ4n) is 8.72. The van der Waals surface area contributed by atoms with E-state index in [-0.39, 0.29) is 17.6 Å². The molecule has 4 atom stereocenters. The second-order valence-electron chi connectivity index (χ2n) is 18.6. The summed E-state index contributed by atoms with van der Waals surface area (Å²) in [5.74, 6) is -2.39. The van der Waals surface area contributed by atoms with E-state index in [9.17, 15) is 33.9 Å². The minimum atomic E-state index is -1.25. The van der Waals surface area contributed by atoms with Crippen LogP contribution < -0.4 is 16.0 Å². The number of carbonyl (C=O) groups is 6. The van der Waals surface area contributed by atoms with Gasteiger partial charge in [0, 0.05) is 46.5 Å². The molecule has 66 heavy (non-hydrogen) atoms. The number of fused-ring (bicyclic) bond motifs is 1. The Morgan fingerprint density at radius 2 is 1.26 bits per heavy atom. The van der Waals surface area contributed by atoms with Gasteiger partial charge in [-0.05, 0) is 109 Å². The monoisotopic (exact) mass is 901 g/mol. The smallest absolute Gasteiger partial charge is 0.408 e. The van der Waals surface area contributed by atoms with Crippen molar-refractivity contribution in [1.82, 2.24) is 25.0 Å². The maximum atomic E-state index is 16.2. The molecule has 6 amide bonds. The first-order valence-corrected chi connectivity index (χ1v) is 22.1. The molecule has 0 unspecified atom stereocenters. The molecule has 2 aliphatic heterocycles. The van der Waals surface area contributed by atoms with Gasteiger partial charge in [-0.3, -0.25) is 24.1 Å². The highest BCUT2D eigenvalue weighted by Gasteiger charge is 2.45. The molecule has 2 saturated heterocycles. The van der Waals surface area contributed by atoms with Crippen LogP contribution in [-0.4, -0.2) is 96.9 Å². The maximum Gasteiger partial charge on any atom is 0.408 e. The van der Waals surface area contributed by atoms with Gasteiger partial charge in [-0.1, -0.05) is 72.8 Å². The van der Waals surface area contributed by atoms with Gasteiger partial charge in [-0.25, -0.2) is 14.0 Å². The highest BCUT2D eigenvalue weighted by Crippen LogP contribution is 2.35. The number of alkyl carbamates (subject to hydrolysis) is 1. The Morgan fingerprint density at radius 1 is 0.727 bits per heavy atom. The Hall–Kier alpha value is -7.23. The number of hydrogen-bond donors (Lipinski definition) is 5. The van der Waals surface area contributed by atoms with Crippen LogP contribution in [0.15, 0.2) is 103 Å². The third-order valence-corrected chi connectivity index (χ3v) is 11.7. The van der Waals surface area contributed by atoms with Crippen molar-refractivity contribution in [2.45, 2.75) is 103 Å². The molecule has 7 rings (SSSR count). The zero-order chi connectivity index (χ0) is 47.5. The first-order valence-electron chi connectivity index (χ1n) is 22.1. The number of benzene rings is 4. The van der Waals surface area contributed by atoms with E-state index in [1.165, 1.54) is 15.9 Å². The number of ether oxygens (including phenoxy) is 1. The lowest BCUT2D eigenvalue weighted by Crippen LogP contribution is -2.54. The van der Waals surface area contributed by atoms with Crippen molar-refractivity contribution in [2.24, 2.45) is 0 Å². The van der Waals surface area contributed by atoms with Crippen LogP contribution in [0.3, 0.4) is 0 Å². The van der Waals surface area contributed by atoms with Crippen LogP contribution in [0, 0.1) is 5.82 Å². The molecular weight excluding hydrogens is 846 g/mol. The number of hydrogen-bond acceptors (Lipinski definition) is 7. The Labute approximate surface area is 382 Å². The number of aromatic nitrogens is 1. The van der Waals surface area contributed by atoms with Gasteiger partial charge in [0.1, 0.15) is 29.8 Å². The molecule has 346 valence electrons. The van der Waals surface area contributed by atoms with Crippen LogP contribution in [0.5, 0.6) is 0 Å². The summed E-state index contributed by atoms with van der Waals surface area (Å²) in [5.41, 5.74) is 1.20. The van der Waals surface area contributed by atoms with Crippen molar-refractivity contribution in [3.8, 4) is 11.3 Å². The third-order valence-electron chi connectivity index (χ3n) is 11.7. The van der Waals surface area contributed by atoms with Gasteiger partial charge < -0.3 is 40.6 Å². The number of rotatable bonds is 11. The highest BCUT2D eigenvalue weighted by atomic mass is 19.1. The second-order valence-corrected chi connectivity index (χ2v) is 18.6. The van der Waals surface area contributed by atoms with Crippen LogP contribution in [0.1, 0.15) is 90.4 Å². The molecule has 0 spiro atoms. The molecule has 3 heterocycles. The minimum absolute atomic E-state index is 0.185. The number of carbonyl (C=O) groups excluding carboxylic acids is 5. The Morgan fingerprint density at radius 3 is 1.80 bits per heavy atom. The van der Waals surface area contributed by atoms with Crippen molar-refractivity contribution >= 4 is 58.1 Å². The molecule has 5 aromatic rings. The molecule has 5 N–H and O–H groups in total. The summed E-state index contributed by atoms with van der Waals surface area (Å²) < 4.78 is 21.6. The molecule has 4 aromatic carbocycles. The molecule has 15 nitrogen and oxygen atoms in total. The predicted octanol–water partition coefficient (Wildman–Crippen LogP) is 8.62. The van der Waals surface area contributed by atoms with E-state index in [2.05, 4.69) is 20.9 Å². The lowest BCUT2D eigenvalue weighted by Gasteiger charge is -2.41. The summed E-state index contributed by atoms with van der Waals surface area (Å²) in [6.07, 6.45) is -0.120. The number of carboxylic acid groups (broad SMARTS) is 1. The summed E-state index contributed by atoms with van der Waals surface area (Å²) in [7, 11) is 0. The molecule has 0 saturated carbocycles.